The van der Waals surface area contributed by atoms with Crippen LogP contribution in [0.2, 0.25) is 0 Å². The molecule has 1 heterocycles. The molecule has 0 aliphatic carbocycles. The maximum atomic E-state index is 13.6. The fraction of sp³-hybridized carbons (Fsp3) is 0.368. The van der Waals surface area contributed by atoms with Gasteiger partial charge in [0, 0.05) is 13.0 Å². The molecule has 0 radical (unpaired) electrons. The summed E-state index contributed by atoms with van der Waals surface area (Å²) in [5.74, 6) is -2.55. The molecule has 116 valence electrons. The van der Waals surface area contributed by atoms with Crippen molar-refractivity contribution in [2.24, 2.45) is 0 Å². The standard InChI is InChI=1S/C19H21F2N/c1-15-8-9-18(16-6-3-2-4-7-16)17(12-15)13-22-11-5-10-19(20,21)14-22/h2-4,6-9,12H,5,10-11,13-14H2,1H3. The van der Waals surface area contributed by atoms with Crippen LogP contribution in [-0.2, 0) is 6.54 Å². The molecule has 0 saturated carbocycles. The first kappa shape index (κ1) is 15.2. The van der Waals surface area contributed by atoms with Gasteiger partial charge in [0.15, 0.2) is 0 Å². The van der Waals surface area contributed by atoms with Crippen LogP contribution in [0.1, 0.15) is 24.0 Å². The highest BCUT2D eigenvalue weighted by atomic mass is 19.3. The predicted octanol–water partition coefficient (Wildman–Crippen LogP) is 4.89. The van der Waals surface area contributed by atoms with Crippen molar-refractivity contribution in [2.45, 2.75) is 32.2 Å². The molecule has 0 amide bonds. The lowest BCUT2D eigenvalue weighted by molar-refractivity contribution is -0.0660. The lowest BCUT2D eigenvalue weighted by atomic mass is 9.96. The zero-order valence-electron chi connectivity index (χ0n) is 12.9. The number of hydrogen-bond donors (Lipinski definition) is 0. The summed E-state index contributed by atoms with van der Waals surface area (Å²) >= 11 is 0. The van der Waals surface area contributed by atoms with Gasteiger partial charge in [-0.25, -0.2) is 8.78 Å². The Morgan fingerprint density at radius 3 is 2.59 bits per heavy atom. The Bertz CT molecular complexity index is 637. The van der Waals surface area contributed by atoms with Crippen molar-refractivity contribution < 1.29 is 8.78 Å². The Kier molecular flexibility index (Phi) is 4.25. The second kappa shape index (κ2) is 6.17. The molecule has 1 saturated heterocycles. The van der Waals surface area contributed by atoms with Gasteiger partial charge < -0.3 is 0 Å². The zero-order chi connectivity index (χ0) is 15.6. The number of rotatable bonds is 3. The van der Waals surface area contributed by atoms with Gasteiger partial charge in [-0.3, -0.25) is 4.90 Å². The Morgan fingerprint density at radius 1 is 1.09 bits per heavy atom. The number of halogens is 2. The average Bonchev–Trinajstić information content (AvgIpc) is 2.47. The third-order valence-electron chi connectivity index (χ3n) is 4.21. The van der Waals surface area contributed by atoms with Crippen LogP contribution in [-0.4, -0.2) is 23.9 Å². The lowest BCUT2D eigenvalue weighted by Gasteiger charge is -2.33. The Balaban J connectivity index is 1.88. The van der Waals surface area contributed by atoms with E-state index in [4.69, 9.17) is 0 Å². The van der Waals surface area contributed by atoms with Gasteiger partial charge in [0.1, 0.15) is 0 Å². The molecule has 1 aliphatic heterocycles. The molecule has 0 N–H and O–H groups in total. The molecule has 0 unspecified atom stereocenters. The maximum Gasteiger partial charge on any atom is 0.260 e. The number of piperidine rings is 1. The Morgan fingerprint density at radius 2 is 1.86 bits per heavy atom. The second-order valence-electron chi connectivity index (χ2n) is 6.20. The van der Waals surface area contributed by atoms with E-state index >= 15 is 0 Å². The van der Waals surface area contributed by atoms with E-state index in [0.717, 1.165) is 23.2 Å². The number of aryl methyl sites for hydroxylation is 1. The second-order valence-corrected chi connectivity index (χ2v) is 6.20. The molecule has 2 aromatic rings. The van der Waals surface area contributed by atoms with Gasteiger partial charge in [-0.1, -0.05) is 54.1 Å². The van der Waals surface area contributed by atoms with Gasteiger partial charge in [0.05, 0.1) is 6.54 Å². The fourth-order valence-corrected chi connectivity index (χ4v) is 3.18. The minimum atomic E-state index is -2.55. The molecular weight excluding hydrogens is 280 g/mol. The molecule has 2 aromatic carbocycles. The zero-order valence-corrected chi connectivity index (χ0v) is 12.9. The predicted molar refractivity (Wildman–Crippen MR) is 86.1 cm³/mol. The molecule has 1 fully saturated rings. The lowest BCUT2D eigenvalue weighted by Crippen LogP contribution is -2.42. The summed E-state index contributed by atoms with van der Waals surface area (Å²) < 4.78 is 27.2. The first-order valence-electron chi connectivity index (χ1n) is 7.79. The maximum absolute atomic E-state index is 13.6. The molecule has 0 bridgehead atoms. The van der Waals surface area contributed by atoms with E-state index in [1.807, 2.05) is 30.0 Å². The molecular formula is C19H21F2N. The molecule has 0 spiro atoms. The van der Waals surface area contributed by atoms with Crippen molar-refractivity contribution in [2.75, 3.05) is 13.1 Å². The molecule has 1 aliphatic rings. The van der Waals surface area contributed by atoms with E-state index in [1.54, 1.807) is 0 Å². The van der Waals surface area contributed by atoms with Crippen molar-refractivity contribution in [3.05, 3.63) is 59.7 Å². The molecule has 3 rings (SSSR count). The van der Waals surface area contributed by atoms with E-state index in [0.29, 0.717) is 13.0 Å². The van der Waals surface area contributed by atoms with Crippen LogP contribution >= 0.6 is 0 Å². The third-order valence-corrected chi connectivity index (χ3v) is 4.21. The van der Waals surface area contributed by atoms with E-state index < -0.39 is 5.92 Å². The van der Waals surface area contributed by atoms with E-state index in [2.05, 4.69) is 30.3 Å². The smallest absolute Gasteiger partial charge is 0.260 e. The quantitative estimate of drug-likeness (QED) is 0.780. The van der Waals surface area contributed by atoms with Crippen LogP contribution in [0.4, 0.5) is 8.78 Å². The number of benzene rings is 2. The van der Waals surface area contributed by atoms with Crippen LogP contribution in [0.3, 0.4) is 0 Å². The summed E-state index contributed by atoms with van der Waals surface area (Å²) in [5, 5.41) is 0. The number of nitrogens with zero attached hydrogens (tertiary/aromatic N) is 1. The summed E-state index contributed by atoms with van der Waals surface area (Å²) in [5.41, 5.74) is 4.57. The molecule has 3 heteroatoms. The molecule has 0 atom stereocenters. The minimum Gasteiger partial charge on any atom is -0.293 e. The van der Waals surface area contributed by atoms with Gasteiger partial charge in [-0.15, -0.1) is 0 Å². The van der Waals surface area contributed by atoms with Crippen molar-refractivity contribution in [3.63, 3.8) is 0 Å². The summed E-state index contributed by atoms with van der Waals surface area (Å²) in [4.78, 5) is 1.88. The van der Waals surface area contributed by atoms with Crippen LogP contribution < -0.4 is 0 Å². The molecule has 0 aromatic heterocycles. The fourth-order valence-electron chi connectivity index (χ4n) is 3.18. The van der Waals surface area contributed by atoms with Gasteiger partial charge in [0.2, 0.25) is 0 Å². The average molecular weight is 301 g/mol. The minimum absolute atomic E-state index is 0.0167. The van der Waals surface area contributed by atoms with Crippen LogP contribution in [0.5, 0.6) is 0 Å². The van der Waals surface area contributed by atoms with Crippen LogP contribution in [0.25, 0.3) is 11.1 Å². The number of likely N-dealkylation sites (tertiary alicyclic amines) is 1. The van der Waals surface area contributed by atoms with E-state index in [9.17, 15) is 8.78 Å². The topological polar surface area (TPSA) is 3.24 Å². The summed E-state index contributed by atoms with van der Waals surface area (Å²) in [6.07, 6.45) is 0.586. The van der Waals surface area contributed by atoms with Crippen molar-refractivity contribution in [1.29, 1.82) is 0 Å². The highest BCUT2D eigenvalue weighted by Crippen LogP contribution is 2.30. The van der Waals surface area contributed by atoms with E-state index in [1.165, 1.54) is 5.56 Å². The van der Waals surface area contributed by atoms with Crippen molar-refractivity contribution >= 4 is 0 Å². The Hall–Kier alpha value is -1.74. The van der Waals surface area contributed by atoms with Crippen LogP contribution in [0.15, 0.2) is 48.5 Å². The highest BCUT2D eigenvalue weighted by Gasteiger charge is 2.35. The summed E-state index contributed by atoms with van der Waals surface area (Å²) in [7, 11) is 0. The van der Waals surface area contributed by atoms with Crippen molar-refractivity contribution in [3.8, 4) is 11.1 Å². The first-order valence-corrected chi connectivity index (χ1v) is 7.79. The van der Waals surface area contributed by atoms with Crippen molar-refractivity contribution in [1.82, 2.24) is 4.90 Å². The number of hydrogen-bond acceptors (Lipinski definition) is 1. The third kappa shape index (κ3) is 3.53. The normalized spacial score (nSPS) is 18.3. The first-order chi connectivity index (χ1) is 10.5. The van der Waals surface area contributed by atoms with Gasteiger partial charge in [0.25, 0.3) is 5.92 Å². The van der Waals surface area contributed by atoms with Gasteiger partial charge >= 0.3 is 0 Å². The summed E-state index contributed by atoms with van der Waals surface area (Å²) in [6, 6.07) is 16.4. The van der Waals surface area contributed by atoms with Crippen LogP contribution in [0, 0.1) is 6.92 Å². The number of alkyl halides is 2. The monoisotopic (exact) mass is 301 g/mol. The summed E-state index contributed by atoms with van der Waals surface area (Å²) in [6.45, 7) is 3.25. The van der Waals surface area contributed by atoms with E-state index in [-0.39, 0.29) is 13.0 Å². The van der Waals surface area contributed by atoms with Gasteiger partial charge in [-0.05, 0) is 36.6 Å². The largest absolute Gasteiger partial charge is 0.293 e. The van der Waals surface area contributed by atoms with Gasteiger partial charge in [-0.2, -0.15) is 0 Å². The highest BCUT2D eigenvalue weighted by molar-refractivity contribution is 5.67. The molecule has 1 nitrogen and oxygen atoms in total. The SMILES string of the molecule is Cc1ccc(-c2ccccc2)c(CN2CCCC(F)(F)C2)c1. The Labute approximate surface area is 130 Å². The molecule has 22 heavy (non-hydrogen) atoms.